The summed E-state index contributed by atoms with van der Waals surface area (Å²) in [5.74, 6) is 2.52. The number of rotatable bonds is 7. The van der Waals surface area contributed by atoms with Crippen molar-refractivity contribution in [2.45, 2.75) is 32.7 Å². The van der Waals surface area contributed by atoms with Gasteiger partial charge in [-0.3, -0.25) is 4.79 Å². The Morgan fingerprint density at radius 3 is 2.46 bits per heavy atom. The number of hydrogen-bond acceptors (Lipinski definition) is 4. The summed E-state index contributed by atoms with van der Waals surface area (Å²) in [6, 6.07) is 13.5. The van der Waals surface area contributed by atoms with Gasteiger partial charge in [-0.1, -0.05) is 26.0 Å². The molecule has 0 N–H and O–H groups in total. The van der Waals surface area contributed by atoms with Crippen molar-refractivity contribution in [2.24, 2.45) is 5.92 Å². The lowest BCUT2D eigenvalue weighted by atomic mass is 10.0. The Bertz CT molecular complexity index is 801. The van der Waals surface area contributed by atoms with E-state index in [0.29, 0.717) is 29.6 Å². The number of ether oxygens (including phenoxy) is 3. The van der Waals surface area contributed by atoms with Crippen molar-refractivity contribution < 1.29 is 19.0 Å². The molecule has 0 spiro atoms. The first kappa shape index (κ1) is 20.1. The van der Waals surface area contributed by atoms with Crippen LogP contribution < -0.4 is 14.2 Å². The standard InChI is InChI=1S/C23H29NO4/c1-16(2)15-28-21-12-9-18(14-22(21)27-4)23(25)24-13-5-6-20(24)17-7-10-19(26-3)11-8-17/h7-12,14,16,20H,5-6,13,15H2,1-4H3. The summed E-state index contributed by atoms with van der Waals surface area (Å²) in [5.41, 5.74) is 1.75. The van der Waals surface area contributed by atoms with Crippen molar-refractivity contribution in [3.05, 3.63) is 53.6 Å². The number of nitrogens with zero attached hydrogens (tertiary/aromatic N) is 1. The summed E-state index contributed by atoms with van der Waals surface area (Å²) in [6.45, 7) is 5.55. The van der Waals surface area contributed by atoms with E-state index in [1.165, 1.54) is 0 Å². The van der Waals surface area contributed by atoms with E-state index in [-0.39, 0.29) is 11.9 Å². The minimum absolute atomic E-state index is 0.0204. The summed E-state index contributed by atoms with van der Waals surface area (Å²) < 4.78 is 16.5. The molecule has 28 heavy (non-hydrogen) atoms. The highest BCUT2D eigenvalue weighted by molar-refractivity contribution is 5.95. The van der Waals surface area contributed by atoms with Gasteiger partial charge in [0, 0.05) is 12.1 Å². The molecule has 2 aromatic rings. The maximum absolute atomic E-state index is 13.2. The molecule has 1 amide bonds. The highest BCUT2D eigenvalue weighted by atomic mass is 16.5. The second-order valence-corrected chi connectivity index (χ2v) is 7.50. The van der Waals surface area contributed by atoms with Crippen LogP contribution in [0.3, 0.4) is 0 Å². The molecule has 1 fully saturated rings. The third kappa shape index (κ3) is 4.41. The Kier molecular flexibility index (Phi) is 6.45. The first-order chi connectivity index (χ1) is 13.5. The van der Waals surface area contributed by atoms with Gasteiger partial charge in [0.1, 0.15) is 5.75 Å². The fourth-order valence-electron chi connectivity index (χ4n) is 3.52. The van der Waals surface area contributed by atoms with E-state index < -0.39 is 0 Å². The van der Waals surface area contributed by atoms with Crippen LogP contribution in [0.25, 0.3) is 0 Å². The number of hydrogen-bond donors (Lipinski definition) is 0. The largest absolute Gasteiger partial charge is 0.497 e. The van der Waals surface area contributed by atoms with Crippen LogP contribution in [0.1, 0.15) is 48.7 Å². The van der Waals surface area contributed by atoms with E-state index >= 15 is 0 Å². The Hall–Kier alpha value is -2.69. The third-order valence-corrected chi connectivity index (χ3v) is 5.00. The lowest BCUT2D eigenvalue weighted by molar-refractivity contribution is 0.0735. The van der Waals surface area contributed by atoms with Gasteiger partial charge >= 0.3 is 0 Å². The molecule has 3 rings (SSSR count). The highest BCUT2D eigenvalue weighted by Crippen LogP contribution is 2.35. The molecule has 0 aromatic heterocycles. The first-order valence-corrected chi connectivity index (χ1v) is 9.79. The van der Waals surface area contributed by atoms with Crippen LogP contribution in [0.15, 0.2) is 42.5 Å². The number of likely N-dealkylation sites (tertiary alicyclic amines) is 1. The molecule has 1 saturated heterocycles. The zero-order valence-corrected chi connectivity index (χ0v) is 17.1. The zero-order valence-electron chi connectivity index (χ0n) is 17.1. The van der Waals surface area contributed by atoms with Crippen molar-refractivity contribution in [1.82, 2.24) is 4.90 Å². The molecule has 1 aliphatic heterocycles. The van der Waals surface area contributed by atoms with Gasteiger partial charge in [-0.2, -0.15) is 0 Å². The van der Waals surface area contributed by atoms with Crippen LogP contribution in [0.4, 0.5) is 0 Å². The van der Waals surface area contributed by atoms with E-state index in [1.54, 1.807) is 20.3 Å². The van der Waals surface area contributed by atoms with E-state index in [2.05, 4.69) is 13.8 Å². The predicted molar refractivity (Wildman–Crippen MR) is 109 cm³/mol. The van der Waals surface area contributed by atoms with Crippen molar-refractivity contribution in [1.29, 1.82) is 0 Å². The highest BCUT2D eigenvalue weighted by Gasteiger charge is 2.31. The lowest BCUT2D eigenvalue weighted by Gasteiger charge is -2.25. The van der Waals surface area contributed by atoms with Crippen molar-refractivity contribution in [2.75, 3.05) is 27.4 Å². The fourth-order valence-corrected chi connectivity index (χ4v) is 3.52. The van der Waals surface area contributed by atoms with Crippen LogP contribution in [0, 0.1) is 5.92 Å². The maximum Gasteiger partial charge on any atom is 0.254 e. The SMILES string of the molecule is COc1ccc(C2CCCN2C(=O)c2ccc(OCC(C)C)c(OC)c2)cc1. The van der Waals surface area contributed by atoms with E-state index in [0.717, 1.165) is 30.7 Å². The molecule has 1 unspecified atom stereocenters. The summed E-state index contributed by atoms with van der Waals surface area (Å²) in [5, 5.41) is 0. The average Bonchev–Trinajstić information content (AvgIpc) is 3.21. The van der Waals surface area contributed by atoms with Gasteiger partial charge in [0.15, 0.2) is 11.5 Å². The molecule has 5 nitrogen and oxygen atoms in total. The lowest BCUT2D eigenvalue weighted by Crippen LogP contribution is -2.30. The number of benzene rings is 2. The molecule has 0 bridgehead atoms. The quantitative estimate of drug-likeness (QED) is 0.694. The smallest absolute Gasteiger partial charge is 0.254 e. The second-order valence-electron chi connectivity index (χ2n) is 7.50. The third-order valence-electron chi connectivity index (χ3n) is 5.00. The first-order valence-electron chi connectivity index (χ1n) is 9.79. The number of carbonyl (C=O) groups excluding carboxylic acids is 1. The molecular weight excluding hydrogens is 354 g/mol. The van der Waals surface area contributed by atoms with Gasteiger partial charge in [-0.05, 0) is 54.7 Å². The van der Waals surface area contributed by atoms with Gasteiger partial charge in [0.25, 0.3) is 5.91 Å². The summed E-state index contributed by atoms with van der Waals surface area (Å²) in [6.07, 6.45) is 1.96. The molecule has 1 heterocycles. The van der Waals surface area contributed by atoms with E-state index in [1.807, 2.05) is 41.3 Å². The van der Waals surface area contributed by atoms with Gasteiger partial charge < -0.3 is 19.1 Å². The second kappa shape index (κ2) is 9.00. The van der Waals surface area contributed by atoms with Crippen molar-refractivity contribution in [3.8, 4) is 17.2 Å². The molecule has 1 aliphatic rings. The van der Waals surface area contributed by atoms with Crippen LogP contribution >= 0.6 is 0 Å². The van der Waals surface area contributed by atoms with Gasteiger partial charge in [-0.25, -0.2) is 0 Å². The monoisotopic (exact) mass is 383 g/mol. The average molecular weight is 383 g/mol. The number of methoxy groups -OCH3 is 2. The van der Waals surface area contributed by atoms with Crippen LogP contribution in [-0.2, 0) is 0 Å². The molecule has 2 aromatic carbocycles. The van der Waals surface area contributed by atoms with Gasteiger partial charge in [0.2, 0.25) is 0 Å². The van der Waals surface area contributed by atoms with Crippen LogP contribution in [0.5, 0.6) is 17.2 Å². The fraction of sp³-hybridized carbons (Fsp3) is 0.435. The molecule has 0 aliphatic carbocycles. The zero-order chi connectivity index (χ0) is 20.1. The summed E-state index contributed by atoms with van der Waals surface area (Å²) >= 11 is 0. The predicted octanol–water partition coefficient (Wildman–Crippen LogP) is 4.72. The Morgan fingerprint density at radius 1 is 1.07 bits per heavy atom. The molecule has 150 valence electrons. The van der Waals surface area contributed by atoms with Crippen molar-refractivity contribution >= 4 is 5.91 Å². The topological polar surface area (TPSA) is 48.0 Å². The minimum atomic E-state index is 0.0204. The van der Waals surface area contributed by atoms with Gasteiger partial charge in [0.05, 0.1) is 26.9 Å². The van der Waals surface area contributed by atoms with E-state index in [4.69, 9.17) is 14.2 Å². The normalized spacial score (nSPS) is 16.3. The molecule has 1 atom stereocenters. The Morgan fingerprint density at radius 2 is 1.82 bits per heavy atom. The summed E-state index contributed by atoms with van der Waals surface area (Å²) in [7, 11) is 3.25. The Labute approximate surface area is 167 Å². The van der Waals surface area contributed by atoms with Gasteiger partial charge in [-0.15, -0.1) is 0 Å². The van der Waals surface area contributed by atoms with Crippen molar-refractivity contribution in [3.63, 3.8) is 0 Å². The molecule has 0 saturated carbocycles. The Balaban J connectivity index is 1.79. The van der Waals surface area contributed by atoms with Crippen LogP contribution in [-0.4, -0.2) is 38.2 Å². The summed E-state index contributed by atoms with van der Waals surface area (Å²) in [4.78, 5) is 15.2. The van der Waals surface area contributed by atoms with Crippen LogP contribution in [0.2, 0.25) is 0 Å². The molecular formula is C23H29NO4. The minimum Gasteiger partial charge on any atom is -0.497 e. The maximum atomic E-state index is 13.2. The number of amides is 1. The van der Waals surface area contributed by atoms with E-state index in [9.17, 15) is 4.79 Å². The number of carbonyl (C=O) groups is 1. The molecule has 5 heteroatoms. The molecule has 0 radical (unpaired) electrons.